The molecule has 1 unspecified atom stereocenters. The summed E-state index contributed by atoms with van der Waals surface area (Å²) in [7, 11) is 2.17. The van der Waals surface area contributed by atoms with Gasteiger partial charge in [-0.05, 0) is 25.5 Å². The third-order valence-electron chi connectivity index (χ3n) is 3.61. The van der Waals surface area contributed by atoms with Gasteiger partial charge in [-0.3, -0.25) is 0 Å². The zero-order valence-corrected chi connectivity index (χ0v) is 12.3. The first-order valence-electron chi connectivity index (χ1n) is 7.46. The van der Waals surface area contributed by atoms with Gasteiger partial charge in [-0.25, -0.2) is 0 Å². The fourth-order valence-electron chi connectivity index (χ4n) is 2.17. The Morgan fingerprint density at radius 1 is 1.35 bits per heavy atom. The van der Waals surface area contributed by atoms with Gasteiger partial charge in [0.15, 0.2) is 0 Å². The van der Waals surface area contributed by atoms with Crippen LogP contribution >= 0.6 is 0 Å². The summed E-state index contributed by atoms with van der Waals surface area (Å²) < 4.78 is 5.51. The zero-order valence-electron chi connectivity index (χ0n) is 12.3. The van der Waals surface area contributed by atoms with Gasteiger partial charge in [-0.1, -0.05) is 30.3 Å². The summed E-state index contributed by atoms with van der Waals surface area (Å²) in [6, 6.07) is 10.8. The van der Waals surface area contributed by atoms with Crippen LogP contribution in [0, 0.1) is 0 Å². The summed E-state index contributed by atoms with van der Waals surface area (Å²) >= 11 is 0. The Balaban J connectivity index is 1.46. The standard InChI is InChI=1S/C16H26N2O2/c1-18(15-7-8-15)10-9-17-11-16(19)13-20-12-14-5-3-2-4-6-14/h2-6,15-17,19H,7-13H2,1H3. The van der Waals surface area contributed by atoms with Crippen molar-refractivity contribution in [1.82, 2.24) is 10.2 Å². The Bertz CT molecular complexity index is 368. The fraction of sp³-hybridized carbons (Fsp3) is 0.625. The van der Waals surface area contributed by atoms with Gasteiger partial charge in [0, 0.05) is 25.7 Å². The minimum atomic E-state index is -0.440. The molecule has 0 bridgehead atoms. The highest BCUT2D eigenvalue weighted by atomic mass is 16.5. The van der Waals surface area contributed by atoms with E-state index in [-0.39, 0.29) is 0 Å². The predicted octanol–water partition coefficient (Wildman–Crippen LogP) is 1.25. The fourth-order valence-corrected chi connectivity index (χ4v) is 2.17. The van der Waals surface area contributed by atoms with Gasteiger partial charge in [0.2, 0.25) is 0 Å². The lowest BCUT2D eigenvalue weighted by molar-refractivity contribution is 0.0287. The molecular formula is C16H26N2O2. The largest absolute Gasteiger partial charge is 0.389 e. The molecule has 0 radical (unpaired) electrons. The van der Waals surface area contributed by atoms with Crippen LogP contribution in [-0.2, 0) is 11.3 Å². The normalized spacial score (nSPS) is 16.6. The highest BCUT2D eigenvalue weighted by Crippen LogP contribution is 2.24. The van der Waals surface area contributed by atoms with Crippen molar-refractivity contribution >= 4 is 0 Å². The Labute approximate surface area is 121 Å². The third-order valence-corrected chi connectivity index (χ3v) is 3.61. The van der Waals surface area contributed by atoms with E-state index >= 15 is 0 Å². The van der Waals surface area contributed by atoms with Crippen LogP contribution in [0.2, 0.25) is 0 Å². The van der Waals surface area contributed by atoms with Crippen molar-refractivity contribution in [2.75, 3.05) is 33.3 Å². The lowest BCUT2D eigenvalue weighted by Gasteiger charge is -2.17. The molecule has 1 aromatic rings. The molecule has 1 aliphatic rings. The Morgan fingerprint density at radius 3 is 2.80 bits per heavy atom. The van der Waals surface area contributed by atoms with Gasteiger partial charge < -0.3 is 20.1 Å². The van der Waals surface area contributed by atoms with E-state index in [1.807, 2.05) is 30.3 Å². The van der Waals surface area contributed by atoms with Crippen molar-refractivity contribution in [3.05, 3.63) is 35.9 Å². The summed E-state index contributed by atoms with van der Waals surface area (Å²) in [4.78, 5) is 2.38. The van der Waals surface area contributed by atoms with Gasteiger partial charge in [-0.2, -0.15) is 0 Å². The SMILES string of the molecule is CN(CCNCC(O)COCc1ccccc1)C1CC1. The monoisotopic (exact) mass is 278 g/mol. The first kappa shape index (κ1) is 15.4. The molecule has 112 valence electrons. The van der Waals surface area contributed by atoms with Crippen molar-refractivity contribution in [1.29, 1.82) is 0 Å². The smallest absolute Gasteiger partial charge is 0.0897 e. The highest BCUT2D eigenvalue weighted by molar-refractivity contribution is 5.13. The Kier molecular flexibility index (Phi) is 6.47. The van der Waals surface area contributed by atoms with Gasteiger partial charge in [-0.15, -0.1) is 0 Å². The Hall–Kier alpha value is -0.940. The molecule has 1 saturated carbocycles. The number of nitrogens with zero attached hydrogens (tertiary/aromatic N) is 1. The predicted molar refractivity (Wildman–Crippen MR) is 80.6 cm³/mol. The lowest BCUT2D eigenvalue weighted by Crippen LogP contribution is -2.36. The molecule has 4 nitrogen and oxygen atoms in total. The molecule has 4 heteroatoms. The van der Waals surface area contributed by atoms with Crippen molar-refractivity contribution in [3.8, 4) is 0 Å². The number of aliphatic hydroxyl groups is 1. The molecule has 1 fully saturated rings. The molecule has 0 aliphatic heterocycles. The summed E-state index contributed by atoms with van der Waals surface area (Å²) in [5.41, 5.74) is 1.14. The van der Waals surface area contributed by atoms with Crippen molar-refractivity contribution in [2.45, 2.75) is 31.6 Å². The second-order valence-corrected chi connectivity index (χ2v) is 5.57. The molecule has 1 aromatic carbocycles. The van der Waals surface area contributed by atoms with Crippen LogP contribution in [0.3, 0.4) is 0 Å². The van der Waals surface area contributed by atoms with Gasteiger partial charge >= 0.3 is 0 Å². The van der Waals surface area contributed by atoms with E-state index in [2.05, 4.69) is 17.3 Å². The molecule has 2 rings (SSSR count). The van der Waals surface area contributed by atoms with Crippen LogP contribution in [0.15, 0.2) is 30.3 Å². The maximum absolute atomic E-state index is 9.81. The first-order valence-corrected chi connectivity index (χ1v) is 7.46. The maximum atomic E-state index is 9.81. The van der Waals surface area contributed by atoms with Crippen LogP contribution in [-0.4, -0.2) is 55.4 Å². The molecule has 20 heavy (non-hydrogen) atoms. The molecule has 0 heterocycles. The number of hydrogen-bond acceptors (Lipinski definition) is 4. The maximum Gasteiger partial charge on any atom is 0.0897 e. The van der Waals surface area contributed by atoms with Crippen LogP contribution in [0.4, 0.5) is 0 Å². The number of ether oxygens (including phenoxy) is 1. The third kappa shape index (κ3) is 6.01. The Morgan fingerprint density at radius 2 is 2.10 bits per heavy atom. The van der Waals surface area contributed by atoms with Crippen LogP contribution in [0.1, 0.15) is 18.4 Å². The van der Waals surface area contributed by atoms with E-state index in [4.69, 9.17) is 4.74 Å². The second-order valence-electron chi connectivity index (χ2n) is 5.57. The van der Waals surface area contributed by atoms with E-state index in [0.29, 0.717) is 19.8 Å². The van der Waals surface area contributed by atoms with Crippen LogP contribution in [0.5, 0.6) is 0 Å². The molecule has 2 N–H and O–H groups in total. The number of likely N-dealkylation sites (N-methyl/N-ethyl adjacent to an activating group) is 1. The van der Waals surface area contributed by atoms with E-state index in [1.54, 1.807) is 0 Å². The summed E-state index contributed by atoms with van der Waals surface area (Å²) in [5, 5.41) is 13.1. The second kappa shape index (κ2) is 8.37. The number of benzene rings is 1. The molecule has 0 spiro atoms. The molecular weight excluding hydrogens is 252 g/mol. The lowest BCUT2D eigenvalue weighted by atomic mass is 10.2. The van der Waals surface area contributed by atoms with Crippen molar-refractivity contribution in [2.24, 2.45) is 0 Å². The average Bonchev–Trinajstić information content (AvgIpc) is 3.29. The number of aliphatic hydroxyl groups excluding tert-OH is 1. The molecule has 0 aromatic heterocycles. The highest BCUT2D eigenvalue weighted by Gasteiger charge is 2.25. The molecule has 1 atom stereocenters. The van der Waals surface area contributed by atoms with Gasteiger partial charge in [0.1, 0.15) is 0 Å². The molecule has 0 saturated heterocycles. The molecule has 0 amide bonds. The van der Waals surface area contributed by atoms with Crippen molar-refractivity contribution < 1.29 is 9.84 Å². The van der Waals surface area contributed by atoms with E-state index < -0.39 is 6.10 Å². The molecule has 1 aliphatic carbocycles. The zero-order chi connectivity index (χ0) is 14.2. The van der Waals surface area contributed by atoms with E-state index in [9.17, 15) is 5.11 Å². The number of nitrogens with one attached hydrogen (secondary N) is 1. The topological polar surface area (TPSA) is 44.7 Å². The number of rotatable bonds is 10. The van der Waals surface area contributed by atoms with Crippen LogP contribution in [0.25, 0.3) is 0 Å². The minimum Gasteiger partial charge on any atom is -0.389 e. The van der Waals surface area contributed by atoms with E-state index in [1.165, 1.54) is 12.8 Å². The first-order chi connectivity index (χ1) is 9.75. The van der Waals surface area contributed by atoms with Gasteiger partial charge in [0.25, 0.3) is 0 Å². The quantitative estimate of drug-likeness (QED) is 0.632. The van der Waals surface area contributed by atoms with E-state index in [0.717, 1.165) is 24.7 Å². The number of hydrogen-bond donors (Lipinski definition) is 2. The van der Waals surface area contributed by atoms with Crippen LogP contribution < -0.4 is 5.32 Å². The average molecular weight is 278 g/mol. The van der Waals surface area contributed by atoms with Crippen molar-refractivity contribution in [3.63, 3.8) is 0 Å². The van der Waals surface area contributed by atoms with Gasteiger partial charge in [0.05, 0.1) is 19.3 Å². The summed E-state index contributed by atoms with van der Waals surface area (Å²) in [6.07, 6.45) is 2.24. The summed E-state index contributed by atoms with van der Waals surface area (Å²) in [6.45, 7) is 3.49. The minimum absolute atomic E-state index is 0.375. The summed E-state index contributed by atoms with van der Waals surface area (Å²) in [5.74, 6) is 0.